The number of hydrogen-bond acceptors (Lipinski definition) is 2. The fourth-order valence-corrected chi connectivity index (χ4v) is 2.63. The van der Waals surface area contributed by atoms with Crippen molar-refractivity contribution in [1.29, 1.82) is 0 Å². The van der Waals surface area contributed by atoms with Crippen LogP contribution in [0, 0.1) is 5.92 Å². The van der Waals surface area contributed by atoms with E-state index in [0.717, 1.165) is 30.3 Å². The molecule has 1 aliphatic carbocycles. The van der Waals surface area contributed by atoms with E-state index in [-0.39, 0.29) is 5.92 Å². The Bertz CT molecular complexity index is 356. The number of carboxylic acids is 1. The van der Waals surface area contributed by atoms with E-state index in [0.29, 0.717) is 6.04 Å². The molecule has 1 aliphatic rings. The van der Waals surface area contributed by atoms with Gasteiger partial charge in [-0.3, -0.25) is 9.48 Å². The van der Waals surface area contributed by atoms with Crippen LogP contribution in [0.3, 0.4) is 0 Å². The van der Waals surface area contributed by atoms with E-state index in [1.165, 1.54) is 0 Å². The molecule has 0 spiro atoms. The lowest BCUT2D eigenvalue weighted by Crippen LogP contribution is -2.23. The third-order valence-corrected chi connectivity index (χ3v) is 3.64. The van der Waals surface area contributed by atoms with Crippen molar-refractivity contribution in [3.05, 3.63) is 16.9 Å². The quantitative estimate of drug-likeness (QED) is 0.900. The molecular weight excluding hydrogens is 260 g/mol. The molecule has 1 saturated carbocycles. The fraction of sp³-hybridized carbons (Fsp3) is 0.600. The number of rotatable bonds is 2. The predicted octanol–water partition coefficient (Wildman–Crippen LogP) is 2.46. The van der Waals surface area contributed by atoms with E-state index in [2.05, 4.69) is 21.0 Å². The molecule has 0 amide bonds. The number of aromatic nitrogens is 2. The Balaban J connectivity index is 2.00. The summed E-state index contributed by atoms with van der Waals surface area (Å²) < 4.78 is 2.92. The third kappa shape index (κ3) is 2.22. The first-order chi connectivity index (χ1) is 7.18. The molecule has 1 aromatic rings. The zero-order valence-corrected chi connectivity index (χ0v) is 9.85. The Hall–Kier alpha value is -0.840. The van der Waals surface area contributed by atoms with Gasteiger partial charge in [-0.1, -0.05) is 0 Å². The van der Waals surface area contributed by atoms with E-state index in [9.17, 15) is 4.79 Å². The van der Waals surface area contributed by atoms with Gasteiger partial charge in [0.15, 0.2) is 0 Å². The number of carboxylic acid groups (broad SMARTS) is 1. The first-order valence-corrected chi connectivity index (χ1v) is 5.89. The standard InChI is InChI=1S/C10H13BrN2O2/c11-9-5-6-12-13(9)8-3-1-7(2-4-8)10(14)15/h5-8H,1-4H2,(H,14,15). The molecule has 0 aliphatic heterocycles. The van der Waals surface area contributed by atoms with Crippen LogP contribution in [0.15, 0.2) is 16.9 Å². The zero-order valence-electron chi connectivity index (χ0n) is 8.27. The van der Waals surface area contributed by atoms with Crippen LogP contribution in [0.1, 0.15) is 31.7 Å². The van der Waals surface area contributed by atoms with E-state index in [1.54, 1.807) is 6.20 Å². The largest absolute Gasteiger partial charge is 0.481 e. The molecule has 4 nitrogen and oxygen atoms in total. The van der Waals surface area contributed by atoms with Crippen molar-refractivity contribution >= 4 is 21.9 Å². The smallest absolute Gasteiger partial charge is 0.306 e. The number of nitrogens with zero attached hydrogens (tertiary/aromatic N) is 2. The molecule has 1 N–H and O–H groups in total. The highest BCUT2D eigenvalue weighted by atomic mass is 79.9. The fourth-order valence-electron chi connectivity index (χ4n) is 2.13. The molecule has 0 radical (unpaired) electrons. The maximum atomic E-state index is 10.8. The van der Waals surface area contributed by atoms with Gasteiger partial charge in [-0.25, -0.2) is 0 Å². The maximum Gasteiger partial charge on any atom is 0.306 e. The monoisotopic (exact) mass is 272 g/mol. The highest BCUT2D eigenvalue weighted by molar-refractivity contribution is 9.10. The summed E-state index contributed by atoms with van der Waals surface area (Å²) in [5.41, 5.74) is 0. The van der Waals surface area contributed by atoms with Crippen LogP contribution in [-0.4, -0.2) is 20.9 Å². The Labute approximate surface area is 96.4 Å². The first-order valence-electron chi connectivity index (χ1n) is 5.10. The van der Waals surface area contributed by atoms with Crippen molar-refractivity contribution in [2.24, 2.45) is 5.92 Å². The lowest BCUT2D eigenvalue weighted by atomic mass is 9.86. The van der Waals surface area contributed by atoms with Crippen LogP contribution in [0.5, 0.6) is 0 Å². The van der Waals surface area contributed by atoms with Crippen LogP contribution in [0.4, 0.5) is 0 Å². The van der Waals surface area contributed by atoms with Crippen LogP contribution in [0.25, 0.3) is 0 Å². The van der Waals surface area contributed by atoms with Gasteiger partial charge in [-0.05, 0) is 47.7 Å². The molecular formula is C10H13BrN2O2. The summed E-state index contributed by atoms with van der Waals surface area (Å²) >= 11 is 3.43. The summed E-state index contributed by atoms with van der Waals surface area (Å²) in [6, 6.07) is 2.26. The second-order valence-corrected chi connectivity index (χ2v) is 4.75. The summed E-state index contributed by atoms with van der Waals surface area (Å²) in [6.07, 6.45) is 5.07. The van der Waals surface area contributed by atoms with Crippen LogP contribution >= 0.6 is 15.9 Å². The van der Waals surface area contributed by atoms with Crippen LogP contribution < -0.4 is 0 Å². The Morgan fingerprint density at radius 1 is 1.47 bits per heavy atom. The average Bonchev–Trinajstić information content (AvgIpc) is 2.65. The molecule has 15 heavy (non-hydrogen) atoms. The van der Waals surface area contributed by atoms with Gasteiger partial charge < -0.3 is 5.11 Å². The number of hydrogen-bond donors (Lipinski definition) is 1. The minimum Gasteiger partial charge on any atom is -0.481 e. The molecule has 0 atom stereocenters. The van der Waals surface area contributed by atoms with E-state index in [1.807, 2.05) is 10.7 Å². The van der Waals surface area contributed by atoms with Gasteiger partial charge >= 0.3 is 5.97 Å². The van der Waals surface area contributed by atoms with Crippen molar-refractivity contribution in [2.75, 3.05) is 0 Å². The van der Waals surface area contributed by atoms with Gasteiger partial charge in [0.1, 0.15) is 4.60 Å². The molecule has 0 aromatic carbocycles. The molecule has 1 fully saturated rings. The molecule has 1 aromatic heterocycles. The topological polar surface area (TPSA) is 55.1 Å². The minimum absolute atomic E-state index is 0.157. The summed E-state index contributed by atoms with van der Waals surface area (Å²) in [7, 11) is 0. The lowest BCUT2D eigenvalue weighted by molar-refractivity contribution is -0.143. The van der Waals surface area contributed by atoms with Crippen molar-refractivity contribution in [3.63, 3.8) is 0 Å². The normalized spacial score (nSPS) is 26.5. The van der Waals surface area contributed by atoms with Crippen molar-refractivity contribution in [3.8, 4) is 0 Å². The van der Waals surface area contributed by atoms with Crippen LogP contribution in [0.2, 0.25) is 0 Å². The third-order valence-electron chi connectivity index (χ3n) is 3.01. The van der Waals surface area contributed by atoms with Crippen molar-refractivity contribution in [2.45, 2.75) is 31.7 Å². The highest BCUT2D eigenvalue weighted by Gasteiger charge is 2.27. The van der Waals surface area contributed by atoms with Gasteiger partial charge in [-0.2, -0.15) is 5.10 Å². The SMILES string of the molecule is O=C(O)C1CCC(n2nccc2Br)CC1. The average molecular weight is 273 g/mol. The molecule has 82 valence electrons. The van der Waals surface area contributed by atoms with E-state index < -0.39 is 5.97 Å². The molecule has 1 heterocycles. The summed E-state index contributed by atoms with van der Waals surface area (Å²) in [4.78, 5) is 10.8. The second kappa shape index (κ2) is 4.35. The second-order valence-electron chi connectivity index (χ2n) is 3.94. The molecule has 2 rings (SSSR count). The molecule has 0 saturated heterocycles. The summed E-state index contributed by atoms with van der Waals surface area (Å²) in [5.74, 6) is -0.816. The predicted molar refractivity (Wildman–Crippen MR) is 58.6 cm³/mol. The Kier molecular flexibility index (Phi) is 3.09. The minimum atomic E-state index is -0.659. The van der Waals surface area contributed by atoms with Crippen molar-refractivity contribution in [1.82, 2.24) is 9.78 Å². The highest BCUT2D eigenvalue weighted by Crippen LogP contribution is 2.33. The number of carbonyl (C=O) groups is 1. The molecule has 0 unspecified atom stereocenters. The Morgan fingerprint density at radius 2 is 2.13 bits per heavy atom. The van der Waals surface area contributed by atoms with Crippen molar-refractivity contribution < 1.29 is 9.90 Å². The van der Waals surface area contributed by atoms with Gasteiger partial charge in [0, 0.05) is 0 Å². The van der Waals surface area contributed by atoms with Gasteiger partial charge in [0.25, 0.3) is 0 Å². The lowest BCUT2D eigenvalue weighted by Gasteiger charge is -2.26. The molecule has 5 heteroatoms. The van der Waals surface area contributed by atoms with E-state index >= 15 is 0 Å². The Morgan fingerprint density at radius 3 is 2.60 bits per heavy atom. The maximum absolute atomic E-state index is 10.8. The molecule has 0 bridgehead atoms. The summed E-state index contributed by atoms with van der Waals surface area (Å²) in [5, 5.41) is 13.1. The van der Waals surface area contributed by atoms with Gasteiger partial charge in [0.2, 0.25) is 0 Å². The van der Waals surface area contributed by atoms with Gasteiger partial charge in [0.05, 0.1) is 18.2 Å². The first kappa shape index (κ1) is 10.7. The van der Waals surface area contributed by atoms with Crippen LogP contribution in [-0.2, 0) is 4.79 Å². The number of aliphatic carboxylic acids is 1. The van der Waals surface area contributed by atoms with Gasteiger partial charge in [-0.15, -0.1) is 0 Å². The zero-order chi connectivity index (χ0) is 10.8. The van der Waals surface area contributed by atoms with E-state index in [4.69, 9.17) is 5.11 Å². The summed E-state index contributed by atoms with van der Waals surface area (Å²) in [6.45, 7) is 0. The number of halogens is 1.